The van der Waals surface area contributed by atoms with Gasteiger partial charge in [0, 0.05) is 5.02 Å². The molecular weight excluding hydrogens is 464 g/mol. The summed E-state index contributed by atoms with van der Waals surface area (Å²) in [7, 11) is -2.19. The third kappa shape index (κ3) is 6.18. The molecule has 3 aromatic rings. The number of hydrogen-bond donors (Lipinski definition) is 1. The van der Waals surface area contributed by atoms with Crippen LogP contribution in [0.5, 0.6) is 17.2 Å². The molecule has 3 aromatic carbocycles. The van der Waals surface area contributed by atoms with Crippen LogP contribution < -0.4 is 19.1 Å². The number of methoxy groups -OCH3 is 1. The number of aryl methyl sites for hydroxylation is 2. The number of hydrogen-bond acceptors (Lipinski definition) is 5. The zero-order chi connectivity index (χ0) is 24.2. The lowest BCUT2D eigenvalue weighted by molar-refractivity contribution is -0.114. The maximum atomic E-state index is 12.9. The highest BCUT2D eigenvalue weighted by molar-refractivity contribution is 7.92. The lowest BCUT2D eigenvalue weighted by Crippen LogP contribution is -2.37. The van der Waals surface area contributed by atoms with E-state index >= 15 is 0 Å². The van der Waals surface area contributed by atoms with E-state index in [-0.39, 0.29) is 0 Å². The number of sulfonamides is 1. The number of benzene rings is 3. The van der Waals surface area contributed by atoms with Crippen molar-refractivity contribution >= 4 is 38.9 Å². The second-order valence-corrected chi connectivity index (χ2v) is 9.84. The number of para-hydroxylation sites is 2. The van der Waals surface area contributed by atoms with Crippen LogP contribution in [0.15, 0.2) is 60.7 Å². The molecule has 3 rings (SSSR count). The number of nitrogens with zero attached hydrogens (tertiary/aromatic N) is 1. The van der Waals surface area contributed by atoms with Gasteiger partial charge in [-0.1, -0.05) is 41.4 Å². The van der Waals surface area contributed by atoms with E-state index in [1.54, 1.807) is 49.4 Å². The highest BCUT2D eigenvalue weighted by atomic mass is 35.5. The fraction of sp³-hybridized carbons (Fsp3) is 0.208. The van der Waals surface area contributed by atoms with Crippen LogP contribution in [-0.2, 0) is 14.8 Å². The van der Waals surface area contributed by atoms with Gasteiger partial charge in [0.05, 0.1) is 24.7 Å². The maximum absolute atomic E-state index is 12.9. The van der Waals surface area contributed by atoms with E-state index < -0.39 is 22.5 Å². The van der Waals surface area contributed by atoms with E-state index in [1.807, 2.05) is 19.1 Å². The zero-order valence-electron chi connectivity index (χ0n) is 18.8. The summed E-state index contributed by atoms with van der Waals surface area (Å²) in [5.74, 6) is 0.746. The number of halogens is 1. The highest BCUT2D eigenvalue weighted by Gasteiger charge is 2.23. The number of anilines is 2. The Balaban J connectivity index is 1.88. The molecule has 0 radical (unpaired) electrons. The molecule has 0 atom stereocenters. The van der Waals surface area contributed by atoms with Gasteiger partial charge in [-0.15, -0.1) is 0 Å². The van der Waals surface area contributed by atoms with Gasteiger partial charge >= 0.3 is 0 Å². The predicted molar refractivity (Wildman–Crippen MR) is 131 cm³/mol. The Morgan fingerprint density at radius 3 is 2.33 bits per heavy atom. The Labute approximate surface area is 198 Å². The molecule has 0 spiro atoms. The Morgan fingerprint density at radius 1 is 1.00 bits per heavy atom. The van der Waals surface area contributed by atoms with Crippen LogP contribution in [0.4, 0.5) is 11.4 Å². The van der Waals surface area contributed by atoms with E-state index in [2.05, 4.69) is 5.32 Å². The molecule has 0 fully saturated rings. The van der Waals surface area contributed by atoms with Crippen LogP contribution in [0, 0.1) is 13.8 Å². The molecule has 0 bridgehead atoms. The molecule has 0 aliphatic carbocycles. The van der Waals surface area contributed by atoms with E-state index in [1.165, 1.54) is 13.2 Å². The Hall–Kier alpha value is -3.23. The summed E-state index contributed by atoms with van der Waals surface area (Å²) in [5.41, 5.74) is 2.48. The summed E-state index contributed by atoms with van der Waals surface area (Å²) < 4.78 is 37.3. The third-order valence-corrected chi connectivity index (χ3v) is 6.17. The topological polar surface area (TPSA) is 84.9 Å². The van der Waals surface area contributed by atoms with E-state index in [9.17, 15) is 13.2 Å². The normalized spacial score (nSPS) is 11.1. The number of carbonyl (C=O) groups excluding carboxylic acids is 1. The van der Waals surface area contributed by atoms with Gasteiger partial charge < -0.3 is 14.8 Å². The van der Waals surface area contributed by atoms with Gasteiger partial charge in [0.2, 0.25) is 15.9 Å². The summed E-state index contributed by atoms with van der Waals surface area (Å²) in [6.07, 6.45) is 1.06. The van der Waals surface area contributed by atoms with E-state index in [4.69, 9.17) is 21.1 Å². The van der Waals surface area contributed by atoms with Gasteiger partial charge in [-0.3, -0.25) is 9.10 Å². The van der Waals surface area contributed by atoms with Crippen molar-refractivity contribution in [2.75, 3.05) is 29.5 Å². The smallest absolute Gasteiger partial charge is 0.245 e. The van der Waals surface area contributed by atoms with Crippen molar-refractivity contribution in [1.29, 1.82) is 0 Å². The predicted octanol–water partition coefficient (Wildman–Crippen LogP) is 5.16. The summed E-state index contributed by atoms with van der Waals surface area (Å²) in [6, 6.07) is 17.2. The van der Waals surface area contributed by atoms with Crippen molar-refractivity contribution in [3.8, 4) is 17.2 Å². The lowest BCUT2D eigenvalue weighted by atomic mass is 10.1. The fourth-order valence-corrected chi connectivity index (χ4v) is 4.38. The number of ether oxygens (including phenoxy) is 2. The van der Waals surface area contributed by atoms with Crippen molar-refractivity contribution in [2.24, 2.45) is 0 Å². The Morgan fingerprint density at radius 2 is 1.70 bits per heavy atom. The van der Waals surface area contributed by atoms with Gasteiger partial charge in [-0.05, 0) is 55.8 Å². The lowest BCUT2D eigenvalue weighted by Gasteiger charge is -2.24. The van der Waals surface area contributed by atoms with Crippen molar-refractivity contribution < 1.29 is 22.7 Å². The van der Waals surface area contributed by atoms with Gasteiger partial charge in [0.25, 0.3) is 0 Å². The molecule has 9 heteroatoms. The largest absolute Gasteiger partial charge is 0.493 e. The maximum Gasteiger partial charge on any atom is 0.245 e. The summed E-state index contributed by atoms with van der Waals surface area (Å²) in [6.45, 7) is 3.30. The van der Waals surface area contributed by atoms with Gasteiger partial charge in [-0.2, -0.15) is 0 Å². The fourth-order valence-electron chi connectivity index (χ4n) is 3.30. The van der Waals surface area contributed by atoms with Crippen molar-refractivity contribution in [2.45, 2.75) is 13.8 Å². The van der Waals surface area contributed by atoms with Crippen molar-refractivity contribution in [3.05, 3.63) is 76.8 Å². The first-order valence-electron chi connectivity index (χ1n) is 10.0. The first-order chi connectivity index (χ1) is 15.6. The monoisotopic (exact) mass is 488 g/mol. The SMILES string of the molecule is COc1ccccc1Oc1ccc(Cl)cc1NC(=O)CN(c1ccc(C)cc1C)S(C)(=O)=O. The number of nitrogens with one attached hydrogen (secondary N) is 1. The van der Waals surface area contributed by atoms with Crippen LogP contribution in [0.3, 0.4) is 0 Å². The average molecular weight is 489 g/mol. The molecule has 0 saturated carbocycles. The average Bonchev–Trinajstić information content (AvgIpc) is 2.74. The van der Waals surface area contributed by atoms with Gasteiger partial charge in [-0.25, -0.2) is 8.42 Å². The second-order valence-electron chi connectivity index (χ2n) is 7.50. The van der Waals surface area contributed by atoms with Crippen LogP contribution >= 0.6 is 11.6 Å². The molecule has 0 unspecified atom stereocenters. The van der Waals surface area contributed by atoms with Crippen molar-refractivity contribution in [1.82, 2.24) is 0 Å². The minimum absolute atomic E-state index is 0.299. The second kappa shape index (κ2) is 10.1. The van der Waals surface area contributed by atoms with Gasteiger partial charge in [0.15, 0.2) is 17.2 Å². The first-order valence-corrected chi connectivity index (χ1v) is 12.3. The molecular formula is C24H25ClN2O5S. The zero-order valence-corrected chi connectivity index (χ0v) is 20.3. The van der Waals surface area contributed by atoms with E-state index in [0.717, 1.165) is 21.7 Å². The number of amides is 1. The Kier molecular flexibility index (Phi) is 7.50. The molecule has 33 heavy (non-hydrogen) atoms. The van der Waals surface area contributed by atoms with Gasteiger partial charge in [0.1, 0.15) is 6.54 Å². The summed E-state index contributed by atoms with van der Waals surface area (Å²) in [4.78, 5) is 12.9. The van der Waals surface area contributed by atoms with Crippen LogP contribution in [0.2, 0.25) is 5.02 Å². The first kappa shape index (κ1) is 24.4. The molecule has 1 N–H and O–H groups in total. The van der Waals surface area contributed by atoms with Crippen molar-refractivity contribution in [3.63, 3.8) is 0 Å². The quantitative estimate of drug-likeness (QED) is 0.473. The highest BCUT2D eigenvalue weighted by Crippen LogP contribution is 2.36. The van der Waals surface area contributed by atoms with Crippen LogP contribution in [-0.4, -0.2) is 34.2 Å². The number of rotatable bonds is 8. The minimum atomic E-state index is -3.72. The molecule has 0 aliphatic rings. The third-order valence-electron chi connectivity index (χ3n) is 4.81. The molecule has 0 saturated heterocycles. The van der Waals surface area contributed by atoms with Crippen LogP contribution in [0.25, 0.3) is 0 Å². The number of carbonyl (C=O) groups is 1. The Bertz CT molecular complexity index is 1280. The molecule has 1 amide bonds. The summed E-state index contributed by atoms with van der Waals surface area (Å²) >= 11 is 6.13. The molecule has 7 nitrogen and oxygen atoms in total. The summed E-state index contributed by atoms with van der Waals surface area (Å²) in [5, 5.41) is 3.10. The minimum Gasteiger partial charge on any atom is -0.493 e. The van der Waals surface area contributed by atoms with E-state index in [0.29, 0.717) is 33.6 Å². The standard InChI is InChI=1S/C24H25ClN2O5S/c1-16-9-11-20(17(2)13-16)27(33(4,29)30)15-24(28)26-19-14-18(25)10-12-21(19)32-23-8-6-5-7-22(23)31-3/h5-14H,15H2,1-4H3,(H,26,28). The molecule has 174 valence electrons. The molecule has 0 aliphatic heterocycles. The van der Waals surface area contributed by atoms with Crippen LogP contribution in [0.1, 0.15) is 11.1 Å². The molecule has 0 aromatic heterocycles. The molecule has 0 heterocycles.